The Morgan fingerprint density at radius 3 is 1.95 bits per heavy atom. The first-order valence-electron chi connectivity index (χ1n) is 6.29. The van der Waals surface area contributed by atoms with E-state index in [1.54, 1.807) is 0 Å². The Morgan fingerprint density at radius 1 is 1.00 bits per heavy atom. The van der Waals surface area contributed by atoms with Gasteiger partial charge in [0.05, 0.1) is 14.2 Å². The molecule has 120 valence electrons. The first kappa shape index (κ1) is 18.7. The molecule has 9 nitrogen and oxygen atoms in total. The van der Waals surface area contributed by atoms with Crippen LogP contribution in [0.2, 0.25) is 0 Å². The van der Waals surface area contributed by atoms with Crippen molar-refractivity contribution < 1.29 is 33.8 Å². The van der Waals surface area contributed by atoms with E-state index in [0.717, 1.165) is 4.90 Å². The smallest absolute Gasteiger partial charge is 0.325 e. The van der Waals surface area contributed by atoms with Gasteiger partial charge in [-0.05, 0) is 12.8 Å². The minimum Gasteiger partial charge on any atom is -0.481 e. The fraction of sp³-hybridized carbons (Fsp3) is 0.667. The first-order chi connectivity index (χ1) is 9.90. The maximum Gasteiger partial charge on any atom is 0.325 e. The van der Waals surface area contributed by atoms with Gasteiger partial charge in [-0.1, -0.05) is 0 Å². The standard InChI is InChI=1S/C12H20N2O7/c1-20-10(17)7-14(8-11(18)21-2)12(19)13-6-4-3-5-9(15)16/h3-8H2,1-2H3,(H,13,19)(H,15,16). The second-order valence-electron chi connectivity index (χ2n) is 4.09. The Labute approximate surface area is 122 Å². The molecule has 2 amide bonds. The molecule has 0 aliphatic rings. The van der Waals surface area contributed by atoms with Crippen LogP contribution in [-0.4, -0.2) is 67.8 Å². The van der Waals surface area contributed by atoms with Crippen LogP contribution in [0.1, 0.15) is 19.3 Å². The van der Waals surface area contributed by atoms with Crippen LogP contribution < -0.4 is 5.32 Å². The summed E-state index contributed by atoms with van der Waals surface area (Å²) in [7, 11) is 2.34. The molecule has 0 bridgehead atoms. The van der Waals surface area contributed by atoms with E-state index in [9.17, 15) is 19.2 Å². The van der Waals surface area contributed by atoms with E-state index >= 15 is 0 Å². The fourth-order valence-corrected chi connectivity index (χ4v) is 1.35. The number of carbonyl (C=O) groups excluding carboxylic acids is 3. The largest absolute Gasteiger partial charge is 0.481 e. The fourth-order valence-electron chi connectivity index (χ4n) is 1.35. The van der Waals surface area contributed by atoms with Crippen LogP contribution in [0.25, 0.3) is 0 Å². The van der Waals surface area contributed by atoms with Gasteiger partial charge in [0.15, 0.2) is 0 Å². The molecule has 0 atom stereocenters. The van der Waals surface area contributed by atoms with Crippen LogP contribution in [0, 0.1) is 0 Å². The molecule has 0 aromatic heterocycles. The number of nitrogens with one attached hydrogen (secondary N) is 1. The Morgan fingerprint density at radius 2 is 1.52 bits per heavy atom. The number of unbranched alkanes of at least 4 members (excludes halogenated alkanes) is 1. The topological polar surface area (TPSA) is 122 Å². The van der Waals surface area contributed by atoms with Gasteiger partial charge >= 0.3 is 23.9 Å². The Kier molecular flexibility index (Phi) is 9.31. The number of hydrogen-bond donors (Lipinski definition) is 2. The highest BCUT2D eigenvalue weighted by molar-refractivity contribution is 5.85. The molecule has 9 heteroatoms. The monoisotopic (exact) mass is 304 g/mol. The molecule has 0 spiro atoms. The molecule has 0 aliphatic heterocycles. The van der Waals surface area contributed by atoms with E-state index in [1.807, 2.05) is 0 Å². The molecule has 0 saturated carbocycles. The number of urea groups is 1. The summed E-state index contributed by atoms with van der Waals surface area (Å²) in [6.07, 6.45) is 0.913. The lowest BCUT2D eigenvalue weighted by Crippen LogP contribution is -2.46. The number of hydrogen-bond acceptors (Lipinski definition) is 6. The first-order valence-corrected chi connectivity index (χ1v) is 6.29. The third kappa shape index (κ3) is 9.25. The van der Waals surface area contributed by atoms with Crippen LogP contribution in [0.4, 0.5) is 4.79 Å². The summed E-state index contributed by atoms with van der Waals surface area (Å²) in [5.41, 5.74) is 0. The van der Waals surface area contributed by atoms with Gasteiger partial charge in [-0.2, -0.15) is 0 Å². The highest BCUT2D eigenvalue weighted by Gasteiger charge is 2.20. The van der Waals surface area contributed by atoms with E-state index in [-0.39, 0.29) is 26.1 Å². The van der Waals surface area contributed by atoms with Crippen molar-refractivity contribution in [1.82, 2.24) is 10.2 Å². The zero-order valence-corrected chi connectivity index (χ0v) is 12.1. The predicted octanol–water partition coefficient (Wildman–Crippen LogP) is -0.401. The molecule has 0 aromatic carbocycles. The molecular formula is C12H20N2O7. The molecule has 0 heterocycles. The highest BCUT2D eigenvalue weighted by atomic mass is 16.5. The lowest BCUT2D eigenvalue weighted by molar-refractivity contribution is -0.144. The third-order valence-corrected chi connectivity index (χ3v) is 2.48. The maximum absolute atomic E-state index is 11.8. The minimum absolute atomic E-state index is 0.0178. The summed E-state index contributed by atoms with van der Waals surface area (Å²) in [4.78, 5) is 45.5. The molecule has 2 N–H and O–H groups in total. The van der Waals surface area contributed by atoms with Gasteiger partial charge < -0.3 is 24.8 Å². The summed E-state index contributed by atoms with van der Waals surface area (Å²) >= 11 is 0. The van der Waals surface area contributed by atoms with E-state index in [4.69, 9.17) is 5.11 Å². The lowest BCUT2D eigenvalue weighted by Gasteiger charge is -2.20. The summed E-state index contributed by atoms with van der Waals surface area (Å²) in [5, 5.41) is 11.0. The normalized spacial score (nSPS) is 9.62. The lowest BCUT2D eigenvalue weighted by atomic mass is 10.2. The number of nitrogens with zero attached hydrogens (tertiary/aromatic N) is 1. The van der Waals surface area contributed by atoms with Gasteiger partial charge in [-0.15, -0.1) is 0 Å². The molecule has 0 unspecified atom stereocenters. The van der Waals surface area contributed by atoms with E-state index in [0.29, 0.717) is 12.8 Å². The third-order valence-electron chi connectivity index (χ3n) is 2.48. The zero-order valence-electron chi connectivity index (χ0n) is 12.1. The molecule has 0 aliphatic carbocycles. The average molecular weight is 304 g/mol. The van der Waals surface area contributed by atoms with Gasteiger partial charge in [-0.3, -0.25) is 14.4 Å². The number of methoxy groups -OCH3 is 2. The van der Waals surface area contributed by atoms with Crippen LogP contribution >= 0.6 is 0 Å². The number of esters is 2. The predicted molar refractivity (Wildman–Crippen MR) is 70.5 cm³/mol. The van der Waals surface area contributed by atoms with Crippen LogP contribution in [0.15, 0.2) is 0 Å². The molecule has 0 radical (unpaired) electrons. The van der Waals surface area contributed by atoms with Crippen molar-refractivity contribution in [2.24, 2.45) is 0 Å². The summed E-state index contributed by atoms with van der Waals surface area (Å²) in [6.45, 7) is -0.524. The second-order valence-corrected chi connectivity index (χ2v) is 4.09. The number of carboxylic acid groups (broad SMARTS) is 1. The van der Waals surface area contributed by atoms with E-state index in [2.05, 4.69) is 14.8 Å². The summed E-state index contributed by atoms with van der Waals surface area (Å²) in [6, 6.07) is -0.624. The molecule has 0 saturated heterocycles. The van der Waals surface area contributed by atoms with Crippen molar-refractivity contribution in [1.29, 1.82) is 0 Å². The van der Waals surface area contributed by atoms with E-state index < -0.39 is 23.9 Å². The Balaban J connectivity index is 4.26. The van der Waals surface area contributed by atoms with Crippen LogP contribution in [-0.2, 0) is 23.9 Å². The highest BCUT2D eigenvalue weighted by Crippen LogP contribution is 1.96. The van der Waals surface area contributed by atoms with Gasteiger partial charge in [0, 0.05) is 13.0 Å². The van der Waals surface area contributed by atoms with Crippen molar-refractivity contribution in [3.8, 4) is 0 Å². The van der Waals surface area contributed by atoms with Crippen molar-refractivity contribution in [3.05, 3.63) is 0 Å². The summed E-state index contributed by atoms with van der Waals surface area (Å²) in [5.74, 6) is -2.24. The minimum atomic E-state index is -0.903. The van der Waals surface area contributed by atoms with Crippen molar-refractivity contribution in [2.45, 2.75) is 19.3 Å². The SMILES string of the molecule is COC(=O)CN(CC(=O)OC)C(=O)NCCCCC(=O)O. The van der Waals surface area contributed by atoms with Gasteiger partial charge in [0.2, 0.25) is 0 Å². The number of aliphatic carboxylic acids is 1. The molecule has 0 fully saturated rings. The van der Waals surface area contributed by atoms with E-state index in [1.165, 1.54) is 14.2 Å². The van der Waals surface area contributed by atoms with Crippen molar-refractivity contribution >= 4 is 23.9 Å². The average Bonchev–Trinajstić information content (AvgIpc) is 2.45. The molecule has 21 heavy (non-hydrogen) atoms. The van der Waals surface area contributed by atoms with Gasteiger partial charge in [0.25, 0.3) is 0 Å². The molecule has 0 aromatic rings. The second kappa shape index (κ2) is 10.5. The molecular weight excluding hydrogens is 284 g/mol. The Bertz CT molecular complexity index is 366. The van der Waals surface area contributed by atoms with Crippen molar-refractivity contribution in [3.63, 3.8) is 0 Å². The number of amides is 2. The number of carbonyl (C=O) groups is 4. The van der Waals surface area contributed by atoms with Gasteiger partial charge in [0.1, 0.15) is 13.1 Å². The van der Waals surface area contributed by atoms with Gasteiger partial charge in [-0.25, -0.2) is 4.79 Å². The molecule has 0 rings (SSSR count). The quantitative estimate of drug-likeness (QED) is 0.439. The zero-order chi connectivity index (χ0) is 16.3. The van der Waals surface area contributed by atoms with Crippen LogP contribution in [0.3, 0.4) is 0 Å². The number of carboxylic acids is 1. The maximum atomic E-state index is 11.8. The summed E-state index contributed by atoms with van der Waals surface area (Å²) < 4.78 is 8.87. The van der Waals surface area contributed by atoms with Crippen LogP contribution in [0.5, 0.6) is 0 Å². The number of rotatable bonds is 9. The van der Waals surface area contributed by atoms with Crippen molar-refractivity contribution in [2.75, 3.05) is 33.9 Å². The Hall–Kier alpha value is -2.32. The number of ether oxygens (including phenoxy) is 2.